The van der Waals surface area contributed by atoms with E-state index in [1.807, 2.05) is 0 Å². The molecule has 0 spiro atoms. The van der Waals surface area contributed by atoms with Gasteiger partial charge in [-0.3, -0.25) is 0 Å². The predicted octanol–water partition coefficient (Wildman–Crippen LogP) is -0.608. The Morgan fingerprint density at radius 3 is 2.00 bits per heavy atom. The molecule has 8 heavy (non-hydrogen) atoms. The molecular formula is C6H13ClZn. The Bertz CT molecular complexity index is 37.5. The van der Waals surface area contributed by atoms with Gasteiger partial charge in [-0.15, -0.1) is 0 Å². The molecule has 0 aromatic rings. The molecule has 0 bridgehead atoms. The van der Waals surface area contributed by atoms with Crippen LogP contribution in [0.15, 0.2) is 0 Å². The fraction of sp³-hybridized carbons (Fsp3) is 1.00. The van der Waals surface area contributed by atoms with Crippen molar-refractivity contribution in [1.29, 1.82) is 0 Å². The van der Waals surface area contributed by atoms with Crippen molar-refractivity contribution in [2.24, 2.45) is 5.92 Å². The second-order valence-electron chi connectivity index (χ2n) is 2.39. The summed E-state index contributed by atoms with van der Waals surface area (Å²) in [6.07, 6.45) is 2.89. The third kappa shape index (κ3) is 10.0. The van der Waals surface area contributed by atoms with Gasteiger partial charge in [0.25, 0.3) is 0 Å². The van der Waals surface area contributed by atoms with Crippen molar-refractivity contribution in [1.82, 2.24) is 0 Å². The summed E-state index contributed by atoms with van der Waals surface area (Å²) >= 11 is 1.48. The molecule has 0 N–H and O–H groups in total. The van der Waals surface area contributed by atoms with E-state index in [-0.39, 0.29) is 12.4 Å². The Labute approximate surface area is 68.5 Å². The molecule has 0 aromatic carbocycles. The molecule has 0 saturated carbocycles. The normalized spacial score (nSPS) is 9.12. The molecule has 0 radical (unpaired) electrons. The van der Waals surface area contributed by atoms with Gasteiger partial charge in [0.1, 0.15) is 0 Å². The number of hydrogen-bond donors (Lipinski definition) is 0. The van der Waals surface area contributed by atoms with Gasteiger partial charge in [0.15, 0.2) is 0 Å². The summed E-state index contributed by atoms with van der Waals surface area (Å²) in [5.74, 6) is 0.923. The van der Waals surface area contributed by atoms with Crippen LogP contribution in [-0.4, -0.2) is 0 Å². The summed E-state index contributed by atoms with van der Waals surface area (Å²) in [4.78, 5) is 0. The Morgan fingerprint density at radius 1 is 1.38 bits per heavy atom. The molecule has 0 aliphatic heterocycles. The molecule has 0 atom stereocenters. The van der Waals surface area contributed by atoms with Gasteiger partial charge in [-0.1, -0.05) is 0 Å². The Morgan fingerprint density at radius 2 is 1.88 bits per heavy atom. The van der Waals surface area contributed by atoms with Crippen molar-refractivity contribution in [2.75, 3.05) is 0 Å². The van der Waals surface area contributed by atoms with E-state index in [0.29, 0.717) is 0 Å². The van der Waals surface area contributed by atoms with Crippen LogP contribution in [-0.2, 0) is 18.3 Å². The van der Waals surface area contributed by atoms with Crippen LogP contribution in [0, 0.1) is 5.92 Å². The minimum absolute atomic E-state index is 0. The topological polar surface area (TPSA) is 0 Å². The van der Waals surface area contributed by atoms with Crippen molar-refractivity contribution in [2.45, 2.75) is 31.7 Å². The van der Waals surface area contributed by atoms with Crippen LogP contribution in [0.2, 0.25) is 5.02 Å². The van der Waals surface area contributed by atoms with Gasteiger partial charge in [-0.2, -0.15) is 0 Å². The Hall–Kier alpha value is 0.913. The second kappa shape index (κ2) is 7.91. The minimum atomic E-state index is 0. The third-order valence-corrected chi connectivity index (χ3v) is 2.08. The van der Waals surface area contributed by atoms with Gasteiger partial charge in [0.05, 0.1) is 0 Å². The maximum absolute atomic E-state index is 2.29. The Kier molecular flexibility index (Phi) is 11.6. The van der Waals surface area contributed by atoms with Crippen LogP contribution in [0.5, 0.6) is 0 Å². The molecule has 2 heteroatoms. The molecule has 0 fully saturated rings. The summed E-state index contributed by atoms with van der Waals surface area (Å²) in [5.41, 5.74) is 0. The fourth-order valence-corrected chi connectivity index (χ4v) is 1.16. The van der Waals surface area contributed by atoms with Crippen LogP contribution in [0.1, 0.15) is 26.7 Å². The number of rotatable bonds is 3. The zero-order valence-corrected chi connectivity index (χ0v) is 9.51. The first-order valence-electron chi connectivity index (χ1n) is 3.06. The van der Waals surface area contributed by atoms with Gasteiger partial charge >= 0.3 is 55.9 Å². The molecule has 0 heterocycles. The molecule has 0 unspecified atom stereocenters. The van der Waals surface area contributed by atoms with Gasteiger partial charge < -0.3 is 12.4 Å². The van der Waals surface area contributed by atoms with Crippen LogP contribution in [0.25, 0.3) is 0 Å². The van der Waals surface area contributed by atoms with E-state index in [4.69, 9.17) is 0 Å². The van der Waals surface area contributed by atoms with Crippen molar-refractivity contribution in [3.8, 4) is 0 Å². The van der Waals surface area contributed by atoms with Crippen LogP contribution in [0.3, 0.4) is 0 Å². The largest absolute Gasteiger partial charge is 1.00 e. The van der Waals surface area contributed by atoms with Gasteiger partial charge in [0.2, 0.25) is 0 Å². The first-order valence-corrected chi connectivity index (χ1v) is 5.16. The number of halogens is 1. The molecule has 46 valence electrons. The molecule has 0 aromatic heterocycles. The van der Waals surface area contributed by atoms with E-state index < -0.39 is 0 Å². The molecule has 0 nitrogen and oxygen atoms in total. The average Bonchev–Trinajstić information content (AvgIpc) is 1.61. The fourth-order valence-electron chi connectivity index (χ4n) is 0.553. The van der Waals surface area contributed by atoms with Gasteiger partial charge in [-0.25, -0.2) is 0 Å². The zero-order valence-electron chi connectivity index (χ0n) is 5.78. The first-order chi connectivity index (χ1) is 3.27. The maximum atomic E-state index is 2.29. The smallest absolute Gasteiger partial charge is 1.00 e. The molecule has 0 saturated heterocycles. The van der Waals surface area contributed by atoms with E-state index >= 15 is 0 Å². The van der Waals surface area contributed by atoms with Crippen LogP contribution >= 0.6 is 0 Å². The average molecular weight is 186 g/mol. The monoisotopic (exact) mass is 184 g/mol. The maximum Gasteiger partial charge on any atom is -1.00 e. The van der Waals surface area contributed by atoms with Crippen molar-refractivity contribution in [3.05, 3.63) is 0 Å². The SMILES string of the molecule is CC(C)CC[CH2][Zn+].[Cl-]. The van der Waals surface area contributed by atoms with E-state index in [1.54, 1.807) is 0 Å². The molecule has 0 aliphatic rings. The standard InChI is InChI=1S/C6H13.ClH.Zn/c1-4-5-6(2)3;;/h6H,1,4-5H2,2-3H3;1H;/q;;+1/p-1. The van der Waals surface area contributed by atoms with E-state index in [2.05, 4.69) is 13.8 Å². The summed E-state index contributed by atoms with van der Waals surface area (Å²) in [5, 5.41) is 1.47. The van der Waals surface area contributed by atoms with Crippen molar-refractivity contribution in [3.63, 3.8) is 0 Å². The van der Waals surface area contributed by atoms with Gasteiger partial charge in [-0.05, 0) is 0 Å². The summed E-state index contributed by atoms with van der Waals surface area (Å²) < 4.78 is 0. The van der Waals surface area contributed by atoms with Gasteiger partial charge in [0, 0.05) is 0 Å². The summed E-state index contributed by atoms with van der Waals surface area (Å²) in [6.45, 7) is 4.57. The second-order valence-corrected chi connectivity index (χ2v) is 3.87. The van der Waals surface area contributed by atoms with Crippen molar-refractivity contribution < 1.29 is 30.7 Å². The van der Waals surface area contributed by atoms with Crippen molar-refractivity contribution >= 4 is 0 Å². The van der Waals surface area contributed by atoms with E-state index in [0.717, 1.165) is 5.92 Å². The number of hydrogen-bond acceptors (Lipinski definition) is 0. The first kappa shape index (κ1) is 11.7. The minimum Gasteiger partial charge on any atom is -1.00 e. The summed E-state index contributed by atoms with van der Waals surface area (Å²) in [6, 6.07) is 0. The predicted molar refractivity (Wildman–Crippen MR) is 28.9 cm³/mol. The Balaban J connectivity index is 0. The zero-order chi connectivity index (χ0) is 5.70. The quantitative estimate of drug-likeness (QED) is 0.516. The van der Waals surface area contributed by atoms with E-state index in [9.17, 15) is 0 Å². The molecule has 0 rings (SSSR count). The molecule has 0 aliphatic carbocycles. The summed E-state index contributed by atoms with van der Waals surface area (Å²) in [7, 11) is 0. The van der Waals surface area contributed by atoms with E-state index in [1.165, 1.54) is 36.2 Å². The molecular weight excluding hydrogens is 173 g/mol. The van der Waals surface area contributed by atoms with Crippen LogP contribution in [0.4, 0.5) is 0 Å². The third-order valence-electron chi connectivity index (χ3n) is 1.03. The van der Waals surface area contributed by atoms with Crippen LogP contribution < -0.4 is 12.4 Å². The molecule has 0 amide bonds.